The summed E-state index contributed by atoms with van der Waals surface area (Å²) in [6, 6.07) is 0. The maximum Gasteiger partial charge on any atom is 0.537 e. The van der Waals surface area contributed by atoms with Crippen molar-refractivity contribution in [2.75, 3.05) is 0 Å². The van der Waals surface area contributed by atoms with E-state index in [4.69, 9.17) is 9.47 Å². The summed E-state index contributed by atoms with van der Waals surface area (Å²) < 4.78 is 9.66. The minimum absolute atomic E-state index is 0.00471. The maximum atomic E-state index is 11.7. The molecule has 2 amide bonds. The lowest BCUT2D eigenvalue weighted by Gasteiger charge is -2.16. The van der Waals surface area contributed by atoms with Crippen LogP contribution in [0.15, 0.2) is 0 Å². The molecule has 0 saturated carbocycles. The van der Waals surface area contributed by atoms with Gasteiger partial charge in [-0.1, -0.05) is 56.9 Å². The van der Waals surface area contributed by atoms with E-state index >= 15 is 0 Å². The molecule has 0 N–H and O–H groups in total. The number of ether oxygens (including phenoxy) is 2. The largest absolute Gasteiger partial charge is 0.537 e. The zero-order chi connectivity index (χ0) is 19.4. The molecule has 1 aliphatic heterocycles. The molecule has 1 saturated heterocycles. The van der Waals surface area contributed by atoms with Crippen molar-refractivity contribution in [2.24, 2.45) is 0 Å². The summed E-state index contributed by atoms with van der Waals surface area (Å²) in [7, 11) is 0. The Morgan fingerprint density at radius 2 is 1.46 bits per heavy atom. The van der Waals surface area contributed by atoms with Gasteiger partial charge in [-0.25, -0.2) is 4.79 Å². The molecule has 0 radical (unpaired) electrons. The van der Waals surface area contributed by atoms with Gasteiger partial charge in [0, 0.05) is 26.2 Å². The number of rotatable bonds is 12. The van der Waals surface area contributed by atoms with Crippen LogP contribution in [0.2, 0.25) is 0 Å². The summed E-state index contributed by atoms with van der Waals surface area (Å²) in [5.74, 6) is -1.68. The molecule has 1 aliphatic rings. The predicted molar refractivity (Wildman–Crippen MR) is 91.4 cm³/mol. The number of amides is 2. The van der Waals surface area contributed by atoms with Gasteiger partial charge in [0.2, 0.25) is 6.29 Å². The van der Waals surface area contributed by atoms with Crippen LogP contribution in [0.4, 0.5) is 4.79 Å². The van der Waals surface area contributed by atoms with Crippen molar-refractivity contribution in [3.8, 4) is 0 Å². The van der Waals surface area contributed by atoms with Crippen LogP contribution in [0.25, 0.3) is 0 Å². The van der Waals surface area contributed by atoms with Crippen molar-refractivity contribution in [3.05, 3.63) is 0 Å². The van der Waals surface area contributed by atoms with Crippen molar-refractivity contribution in [1.29, 1.82) is 0 Å². The Bertz CT molecular complexity index is 476. The topological polar surface area (TPSA) is 99.2 Å². The molecule has 8 heteroatoms. The van der Waals surface area contributed by atoms with Crippen molar-refractivity contribution >= 4 is 23.9 Å². The summed E-state index contributed by atoms with van der Waals surface area (Å²) in [5, 5.41) is 0.372. The van der Waals surface area contributed by atoms with E-state index in [1.54, 1.807) is 0 Å². The summed E-state index contributed by atoms with van der Waals surface area (Å²) in [5.41, 5.74) is 0. The lowest BCUT2D eigenvalue weighted by Crippen LogP contribution is -2.34. The van der Waals surface area contributed by atoms with Crippen LogP contribution in [0.1, 0.15) is 84.5 Å². The van der Waals surface area contributed by atoms with E-state index in [0.717, 1.165) is 19.3 Å². The second-order valence-electron chi connectivity index (χ2n) is 6.32. The molecule has 0 bridgehead atoms. The third-order valence-corrected chi connectivity index (χ3v) is 3.97. The van der Waals surface area contributed by atoms with E-state index in [0.29, 0.717) is 5.06 Å². The molecule has 1 fully saturated rings. The number of unbranched alkanes of at least 4 members (excludes halogenated alkanes) is 7. The summed E-state index contributed by atoms with van der Waals surface area (Å²) >= 11 is 0. The van der Waals surface area contributed by atoms with E-state index < -0.39 is 30.2 Å². The fraction of sp³-hybridized carbons (Fsp3) is 0.778. The van der Waals surface area contributed by atoms with E-state index in [9.17, 15) is 19.2 Å². The van der Waals surface area contributed by atoms with Gasteiger partial charge < -0.3 is 9.47 Å². The quantitative estimate of drug-likeness (QED) is 0.223. The van der Waals surface area contributed by atoms with E-state index in [1.165, 1.54) is 39.0 Å². The van der Waals surface area contributed by atoms with Gasteiger partial charge in [-0.2, -0.15) is 0 Å². The van der Waals surface area contributed by atoms with Crippen molar-refractivity contribution in [2.45, 2.75) is 90.8 Å². The normalized spacial score (nSPS) is 15.1. The zero-order valence-electron chi connectivity index (χ0n) is 15.7. The number of carbonyl (C=O) groups excluding carboxylic acids is 4. The van der Waals surface area contributed by atoms with Gasteiger partial charge in [0.1, 0.15) is 0 Å². The molecule has 0 aromatic heterocycles. The second kappa shape index (κ2) is 12.3. The number of hydroxylamine groups is 2. The predicted octanol–water partition coefficient (Wildman–Crippen LogP) is 3.62. The molecule has 148 valence electrons. The third-order valence-electron chi connectivity index (χ3n) is 3.97. The minimum atomic E-state index is -1.26. The molecule has 0 aromatic rings. The van der Waals surface area contributed by atoms with E-state index in [-0.39, 0.29) is 19.3 Å². The molecule has 26 heavy (non-hydrogen) atoms. The van der Waals surface area contributed by atoms with Gasteiger partial charge in [-0.3, -0.25) is 19.2 Å². The van der Waals surface area contributed by atoms with Gasteiger partial charge in [0.05, 0.1) is 0 Å². The highest BCUT2D eigenvalue weighted by Crippen LogP contribution is 2.14. The van der Waals surface area contributed by atoms with Gasteiger partial charge in [-0.15, -0.1) is 0 Å². The molecule has 0 spiro atoms. The molecular formula is C18H29NO7. The Labute approximate surface area is 154 Å². The average Bonchev–Trinajstić information content (AvgIpc) is 2.89. The lowest BCUT2D eigenvalue weighted by atomic mass is 10.1. The molecule has 8 nitrogen and oxygen atoms in total. The van der Waals surface area contributed by atoms with Crippen LogP contribution in [0.5, 0.6) is 0 Å². The van der Waals surface area contributed by atoms with Gasteiger partial charge in [0.25, 0.3) is 11.8 Å². The number of imide groups is 1. The van der Waals surface area contributed by atoms with Gasteiger partial charge in [0.15, 0.2) is 0 Å². The summed E-state index contributed by atoms with van der Waals surface area (Å²) in [6.45, 7) is 3.54. The third kappa shape index (κ3) is 8.82. The number of hydrogen-bond donors (Lipinski definition) is 0. The minimum Gasteiger partial charge on any atom is -0.425 e. The highest BCUT2D eigenvalue weighted by molar-refractivity contribution is 6.01. The van der Waals surface area contributed by atoms with Crippen molar-refractivity contribution in [3.63, 3.8) is 0 Å². The number of hydrogen-bond acceptors (Lipinski definition) is 7. The van der Waals surface area contributed by atoms with Crippen LogP contribution >= 0.6 is 0 Å². The van der Waals surface area contributed by atoms with Crippen molar-refractivity contribution < 1.29 is 33.5 Å². The van der Waals surface area contributed by atoms with Crippen LogP contribution in [-0.2, 0) is 28.7 Å². The first kappa shape index (κ1) is 21.9. The Hall–Kier alpha value is -2.12. The Morgan fingerprint density at radius 3 is 2.04 bits per heavy atom. The molecule has 1 unspecified atom stereocenters. The highest BCUT2D eigenvalue weighted by Gasteiger charge is 2.34. The van der Waals surface area contributed by atoms with E-state index in [1.807, 2.05) is 0 Å². The van der Waals surface area contributed by atoms with Crippen LogP contribution in [-0.4, -0.2) is 35.3 Å². The fourth-order valence-electron chi connectivity index (χ4n) is 2.56. The standard InChI is InChI=1S/C18H29NO7/c1-3-4-5-6-7-8-9-10-11-17(22)24-14(2)25-18(23)26-19-15(20)12-13-16(19)21/h14H,3-13H2,1-2H3. The smallest absolute Gasteiger partial charge is 0.425 e. The first-order valence-corrected chi connectivity index (χ1v) is 9.38. The SMILES string of the molecule is CCCCCCCCCCC(=O)OC(C)OC(=O)ON1C(=O)CCC1=O. The highest BCUT2D eigenvalue weighted by atomic mass is 16.9. The molecule has 1 heterocycles. The van der Waals surface area contributed by atoms with Gasteiger partial charge in [-0.05, 0) is 6.42 Å². The number of nitrogens with zero attached hydrogens (tertiary/aromatic N) is 1. The van der Waals surface area contributed by atoms with E-state index in [2.05, 4.69) is 11.8 Å². The lowest BCUT2D eigenvalue weighted by molar-refractivity contribution is -0.191. The van der Waals surface area contributed by atoms with Gasteiger partial charge >= 0.3 is 12.1 Å². The first-order valence-electron chi connectivity index (χ1n) is 9.38. The maximum absolute atomic E-state index is 11.7. The molecule has 0 aromatic carbocycles. The van der Waals surface area contributed by atoms with Crippen LogP contribution in [0, 0.1) is 0 Å². The zero-order valence-corrected chi connectivity index (χ0v) is 15.7. The molecule has 0 aliphatic carbocycles. The number of esters is 1. The Kier molecular flexibility index (Phi) is 10.3. The summed E-state index contributed by atoms with van der Waals surface area (Å²) in [4.78, 5) is 50.3. The Balaban J connectivity index is 2.09. The second-order valence-corrected chi connectivity index (χ2v) is 6.32. The van der Waals surface area contributed by atoms with Crippen LogP contribution in [0.3, 0.4) is 0 Å². The monoisotopic (exact) mass is 371 g/mol. The molecule has 1 rings (SSSR count). The fourth-order valence-corrected chi connectivity index (χ4v) is 2.56. The average molecular weight is 371 g/mol. The molecular weight excluding hydrogens is 342 g/mol. The molecule has 1 atom stereocenters. The van der Waals surface area contributed by atoms with Crippen LogP contribution < -0.4 is 0 Å². The first-order chi connectivity index (χ1) is 12.4. The van der Waals surface area contributed by atoms with Crippen molar-refractivity contribution in [1.82, 2.24) is 5.06 Å². The number of carbonyl (C=O) groups is 4. The Morgan fingerprint density at radius 1 is 0.923 bits per heavy atom. The summed E-state index contributed by atoms with van der Waals surface area (Å²) in [6.07, 6.45) is 6.76.